The number of nitrogens with zero attached hydrogens (tertiary/aromatic N) is 1. The summed E-state index contributed by atoms with van der Waals surface area (Å²) in [5.74, 6) is 4.35. The molecule has 156 valence electrons. The van der Waals surface area contributed by atoms with E-state index in [1.54, 1.807) is 5.56 Å². The fraction of sp³-hybridized carbons (Fsp3) is 0.760. The highest BCUT2D eigenvalue weighted by Crippen LogP contribution is 2.64. The fourth-order valence-electron chi connectivity index (χ4n) is 7.12. The molecule has 4 rings (SSSR count). The van der Waals surface area contributed by atoms with Crippen LogP contribution >= 0.6 is 0 Å². The van der Waals surface area contributed by atoms with Gasteiger partial charge in [0.15, 0.2) is 0 Å². The van der Waals surface area contributed by atoms with Crippen molar-refractivity contribution in [3.63, 3.8) is 0 Å². The molecule has 5 unspecified atom stereocenters. The minimum Gasteiger partial charge on any atom is -0.508 e. The Kier molecular flexibility index (Phi) is 5.77. The molecule has 0 radical (unpaired) electrons. The third kappa shape index (κ3) is 3.61. The lowest BCUT2D eigenvalue weighted by atomic mass is 9.51. The largest absolute Gasteiger partial charge is 0.508 e. The lowest BCUT2D eigenvalue weighted by Gasteiger charge is -2.53. The van der Waals surface area contributed by atoms with Gasteiger partial charge in [-0.1, -0.05) is 19.9 Å². The van der Waals surface area contributed by atoms with Gasteiger partial charge in [-0.3, -0.25) is 0 Å². The highest BCUT2D eigenvalue weighted by molar-refractivity contribution is 5.40. The second kappa shape index (κ2) is 7.99. The van der Waals surface area contributed by atoms with Gasteiger partial charge in [0.25, 0.3) is 0 Å². The summed E-state index contributed by atoms with van der Waals surface area (Å²) >= 11 is 0. The van der Waals surface area contributed by atoms with Crippen LogP contribution < -0.4 is 0 Å². The van der Waals surface area contributed by atoms with Crippen LogP contribution in [0.3, 0.4) is 0 Å². The van der Waals surface area contributed by atoms with Gasteiger partial charge in [-0.05, 0) is 111 Å². The molecule has 3 aliphatic rings. The average Bonchev–Trinajstić information content (AvgIpc) is 2.97. The molecule has 2 saturated carbocycles. The van der Waals surface area contributed by atoms with Crippen molar-refractivity contribution in [2.45, 2.75) is 58.3 Å². The van der Waals surface area contributed by atoms with E-state index in [1.807, 2.05) is 12.1 Å². The Morgan fingerprint density at radius 2 is 2.00 bits per heavy atom. The number of phenolic OH excluding ortho intramolecular Hbond substituents is 1. The van der Waals surface area contributed by atoms with Crippen molar-refractivity contribution in [2.24, 2.45) is 29.1 Å². The quantitative estimate of drug-likeness (QED) is 0.693. The van der Waals surface area contributed by atoms with Gasteiger partial charge in [0.05, 0.1) is 6.61 Å². The molecule has 0 amide bonds. The standard InChI is InChI=1S/C25H39NO2/c1-17-15-18-16-20(27)6-7-21(18)22-9-11-25(2)19(5-8-23(25)24(17)22)10-13-28-14-12-26(3)4/h6-7,16-17,19,22-24,27H,5,8-15H2,1-4H3/t17?,19-,22?,23?,24?,25?/m1/s1. The van der Waals surface area contributed by atoms with Gasteiger partial charge < -0.3 is 14.7 Å². The van der Waals surface area contributed by atoms with E-state index in [2.05, 4.69) is 38.9 Å². The highest BCUT2D eigenvalue weighted by Gasteiger charge is 2.55. The van der Waals surface area contributed by atoms with E-state index in [9.17, 15) is 5.11 Å². The van der Waals surface area contributed by atoms with Gasteiger partial charge in [-0.25, -0.2) is 0 Å². The van der Waals surface area contributed by atoms with Crippen molar-refractivity contribution >= 4 is 0 Å². The van der Waals surface area contributed by atoms with Crippen molar-refractivity contribution in [1.29, 1.82) is 0 Å². The first-order valence-electron chi connectivity index (χ1n) is 11.4. The fourth-order valence-corrected chi connectivity index (χ4v) is 7.12. The normalized spacial score (nSPS) is 36.8. The van der Waals surface area contributed by atoms with Crippen LogP contribution in [0, 0.1) is 29.1 Å². The Hall–Kier alpha value is -1.06. The summed E-state index contributed by atoms with van der Waals surface area (Å²) in [7, 11) is 4.21. The maximum absolute atomic E-state index is 9.93. The third-order valence-electron chi connectivity index (χ3n) is 8.55. The molecule has 6 atom stereocenters. The van der Waals surface area contributed by atoms with Crippen LogP contribution in [0.4, 0.5) is 0 Å². The van der Waals surface area contributed by atoms with Crippen molar-refractivity contribution < 1.29 is 9.84 Å². The molecule has 0 heterocycles. The van der Waals surface area contributed by atoms with Crippen molar-refractivity contribution in [3.8, 4) is 5.75 Å². The highest BCUT2D eigenvalue weighted by atomic mass is 16.5. The number of aromatic hydroxyl groups is 1. The zero-order chi connectivity index (χ0) is 19.9. The lowest BCUT2D eigenvalue weighted by Crippen LogP contribution is -2.45. The second-order valence-electron chi connectivity index (χ2n) is 10.4. The zero-order valence-corrected chi connectivity index (χ0v) is 18.3. The van der Waals surface area contributed by atoms with E-state index in [0.717, 1.165) is 49.9 Å². The molecule has 1 aromatic rings. The molecule has 28 heavy (non-hydrogen) atoms. The van der Waals surface area contributed by atoms with E-state index >= 15 is 0 Å². The summed E-state index contributed by atoms with van der Waals surface area (Å²) in [5.41, 5.74) is 3.44. The number of ether oxygens (including phenoxy) is 1. The Labute approximate surface area is 171 Å². The van der Waals surface area contributed by atoms with Crippen LogP contribution in [-0.4, -0.2) is 43.9 Å². The third-order valence-corrected chi connectivity index (χ3v) is 8.55. The predicted octanol–water partition coefficient (Wildman–Crippen LogP) is 5.08. The summed E-state index contributed by atoms with van der Waals surface area (Å²) in [4.78, 5) is 2.19. The minimum atomic E-state index is 0.431. The first-order chi connectivity index (χ1) is 13.4. The molecule has 3 heteroatoms. The minimum absolute atomic E-state index is 0.431. The molecule has 1 aromatic carbocycles. The smallest absolute Gasteiger partial charge is 0.115 e. The first kappa shape index (κ1) is 20.2. The molecule has 0 aliphatic heterocycles. The molecule has 0 spiro atoms. The van der Waals surface area contributed by atoms with E-state index in [4.69, 9.17) is 4.74 Å². The number of benzene rings is 1. The Balaban J connectivity index is 1.45. The molecule has 3 aliphatic carbocycles. The molecule has 1 N–H and O–H groups in total. The maximum Gasteiger partial charge on any atom is 0.115 e. The monoisotopic (exact) mass is 385 g/mol. The Bertz CT molecular complexity index is 687. The molecule has 3 nitrogen and oxygen atoms in total. The van der Waals surface area contributed by atoms with Crippen LogP contribution in [0.5, 0.6) is 5.75 Å². The van der Waals surface area contributed by atoms with Gasteiger partial charge in [-0.2, -0.15) is 0 Å². The topological polar surface area (TPSA) is 32.7 Å². The summed E-state index contributed by atoms with van der Waals surface area (Å²) < 4.78 is 5.95. The average molecular weight is 386 g/mol. The summed E-state index contributed by atoms with van der Waals surface area (Å²) in [5, 5.41) is 9.93. The van der Waals surface area contributed by atoms with E-state index in [-0.39, 0.29) is 0 Å². The van der Waals surface area contributed by atoms with Gasteiger partial charge in [0, 0.05) is 13.2 Å². The molecule has 0 bridgehead atoms. The van der Waals surface area contributed by atoms with E-state index in [0.29, 0.717) is 17.1 Å². The van der Waals surface area contributed by atoms with Crippen molar-refractivity contribution in [2.75, 3.05) is 33.9 Å². The number of rotatable bonds is 6. The zero-order valence-electron chi connectivity index (χ0n) is 18.3. The van der Waals surface area contributed by atoms with Crippen LogP contribution in [0.1, 0.15) is 63.0 Å². The summed E-state index contributed by atoms with van der Waals surface area (Å²) in [6.07, 6.45) is 7.83. The van der Waals surface area contributed by atoms with E-state index in [1.165, 1.54) is 37.7 Å². The number of hydrogen-bond donors (Lipinski definition) is 1. The van der Waals surface area contributed by atoms with Crippen LogP contribution in [-0.2, 0) is 11.2 Å². The second-order valence-corrected chi connectivity index (χ2v) is 10.4. The van der Waals surface area contributed by atoms with Gasteiger partial charge in [-0.15, -0.1) is 0 Å². The molecule has 2 fully saturated rings. The van der Waals surface area contributed by atoms with Crippen LogP contribution in [0.25, 0.3) is 0 Å². The predicted molar refractivity (Wildman–Crippen MR) is 115 cm³/mol. The Morgan fingerprint density at radius 3 is 2.79 bits per heavy atom. The van der Waals surface area contributed by atoms with E-state index < -0.39 is 0 Å². The molecular formula is C25H39NO2. The van der Waals surface area contributed by atoms with Crippen LogP contribution in [0.15, 0.2) is 18.2 Å². The van der Waals surface area contributed by atoms with Gasteiger partial charge in [0.2, 0.25) is 0 Å². The summed E-state index contributed by atoms with van der Waals surface area (Å²) in [6, 6.07) is 6.16. The van der Waals surface area contributed by atoms with Crippen molar-refractivity contribution in [1.82, 2.24) is 4.90 Å². The maximum atomic E-state index is 9.93. The Morgan fingerprint density at radius 1 is 1.18 bits per heavy atom. The number of phenols is 1. The first-order valence-corrected chi connectivity index (χ1v) is 11.4. The van der Waals surface area contributed by atoms with Gasteiger partial charge in [0.1, 0.15) is 5.75 Å². The molecule has 0 aromatic heterocycles. The lowest BCUT2D eigenvalue weighted by molar-refractivity contribution is -0.00478. The number of fused-ring (bicyclic) bond motifs is 5. The molecular weight excluding hydrogens is 346 g/mol. The summed E-state index contributed by atoms with van der Waals surface area (Å²) in [6.45, 7) is 7.86. The number of hydrogen-bond acceptors (Lipinski definition) is 3. The van der Waals surface area contributed by atoms with Crippen molar-refractivity contribution in [3.05, 3.63) is 29.3 Å². The SMILES string of the molecule is CC1Cc2cc(O)ccc2C2CCC3(C)C(CC[C@@H]3CCOCCN(C)C)C12. The van der Waals surface area contributed by atoms with Gasteiger partial charge >= 0.3 is 0 Å². The van der Waals surface area contributed by atoms with Crippen LogP contribution in [0.2, 0.25) is 0 Å². The number of likely N-dealkylation sites (N-methyl/N-ethyl adjacent to an activating group) is 1. The molecule has 0 saturated heterocycles.